The first kappa shape index (κ1) is 24.1. The Morgan fingerprint density at radius 3 is 2.59 bits per heavy atom. The molecular formula is C24H33N3O4S. The van der Waals surface area contributed by atoms with Crippen molar-refractivity contribution < 1.29 is 18.3 Å². The number of fused-ring (bicyclic) bond motifs is 1. The number of hydrogen-bond acceptors (Lipinski definition) is 5. The van der Waals surface area contributed by atoms with E-state index in [1.165, 1.54) is 16.6 Å². The van der Waals surface area contributed by atoms with Crippen LogP contribution in [0, 0.1) is 6.92 Å². The van der Waals surface area contributed by atoms with Crippen LogP contribution in [0.25, 0.3) is 10.9 Å². The predicted octanol–water partition coefficient (Wildman–Crippen LogP) is 3.85. The number of aromatic amines is 1. The third-order valence-corrected chi connectivity index (χ3v) is 5.85. The minimum atomic E-state index is -3.36. The van der Waals surface area contributed by atoms with E-state index >= 15 is 0 Å². The quantitative estimate of drug-likeness (QED) is 0.364. The molecule has 0 fully saturated rings. The molecule has 0 saturated heterocycles. The lowest BCUT2D eigenvalue weighted by Crippen LogP contribution is -2.26. The largest absolute Gasteiger partial charge is 0.492 e. The second-order valence-corrected chi connectivity index (χ2v) is 10.9. The Morgan fingerprint density at radius 2 is 1.91 bits per heavy atom. The summed E-state index contributed by atoms with van der Waals surface area (Å²) < 4.78 is 31.0. The van der Waals surface area contributed by atoms with Crippen molar-refractivity contribution in [2.24, 2.45) is 0 Å². The number of aryl methyl sites for hydroxylation is 1. The summed E-state index contributed by atoms with van der Waals surface area (Å²) in [5.74, 6) is 0.793. The summed E-state index contributed by atoms with van der Waals surface area (Å²) in [5.41, 5.74) is 4.68. The molecule has 0 bridgehead atoms. The van der Waals surface area contributed by atoms with Crippen LogP contribution >= 0.6 is 0 Å². The number of sulfonamides is 1. The van der Waals surface area contributed by atoms with Gasteiger partial charge in [-0.25, -0.2) is 8.42 Å². The molecule has 2 aromatic carbocycles. The molecule has 0 saturated carbocycles. The topological polar surface area (TPSA) is 103 Å². The van der Waals surface area contributed by atoms with Gasteiger partial charge < -0.3 is 20.1 Å². The highest BCUT2D eigenvalue weighted by atomic mass is 32.2. The van der Waals surface area contributed by atoms with E-state index in [1.54, 1.807) is 24.3 Å². The van der Waals surface area contributed by atoms with Crippen LogP contribution in [0.3, 0.4) is 0 Å². The average Bonchev–Trinajstić information content (AvgIpc) is 3.03. The summed E-state index contributed by atoms with van der Waals surface area (Å²) in [7, 11) is -3.36. The predicted molar refractivity (Wildman–Crippen MR) is 130 cm³/mol. The minimum Gasteiger partial charge on any atom is -0.492 e. The molecule has 0 aliphatic heterocycles. The van der Waals surface area contributed by atoms with Gasteiger partial charge >= 0.3 is 0 Å². The molecule has 1 atom stereocenters. The number of aromatic nitrogens is 1. The highest BCUT2D eigenvalue weighted by molar-refractivity contribution is 7.92. The molecule has 174 valence electrons. The van der Waals surface area contributed by atoms with E-state index in [9.17, 15) is 13.5 Å². The van der Waals surface area contributed by atoms with Crippen molar-refractivity contribution in [1.82, 2.24) is 10.3 Å². The normalized spacial score (nSPS) is 13.3. The summed E-state index contributed by atoms with van der Waals surface area (Å²) in [6, 6.07) is 12.8. The second-order valence-electron chi connectivity index (χ2n) is 9.15. The van der Waals surface area contributed by atoms with Crippen molar-refractivity contribution in [3.63, 3.8) is 0 Å². The average molecular weight is 460 g/mol. The molecule has 0 spiro atoms. The molecule has 4 N–H and O–H groups in total. The molecular weight excluding hydrogens is 426 g/mol. The number of aliphatic hydroxyl groups excluding tert-OH is 1. The van der Waals surface area contributed by atoms with Crippen molar-refractivity contribution >= 4 is 26.6 Å². The van der Waals surface area contributed by atoms with Crippen LogP contribution in [-0.2, 0) is 15.4 Å². The third kappa shape index (κ3) is 6.25. The fourth-order valence-electron chi connectivity index (χ4n) is 3.78. The minimum absolute atomic E-state index is 0.0508. The van der Waals surface area contributed by atoms with Gasteiger partial charge in [0.1, 0.15) is 12.4 Å². The zero-order chi connectivity index (χ0) is 23.5. The van der Waals surface area contributed by atoms with Crippen molar-refractivity contribution in [3.05, 3.63) is 59.3 Å². The van der Waals surface area contributed by atoms with Crippen molar-refractivity contribution in [1.29, 1.82) is 0 Å². The first-order valence-electron chi connectivity index (χ1n) is 10.7. The van der Waals surface area contributed by atoms with Crippen LogP contribution in [0.4, 0.5) is 5.69 Å². The van der Waals surface area contributed by atoms with Crippen LogP contribution in [0.2, 0.25) is 0 Å². The van der Waals surface area contributed by atoms with Crippen molar-refractivity contribution in [3.8, 4) is 5.75 Å². The van der Waals surface area contributed by atoms with Gasteiger partial charge in [0.25, 0.3) is 0 Å². The van der Waals surface area contributed by atoms with E-state index in [-0.39, 0.29) is 5.41 Å². The van der Waals surface area contributed by atoms with Gasteiger partial charge in [-0.15, -0.1) is 0 Å². The van der Waals surface area contributed by atoms with E-state index in [0.717, 1.165) is 17.5 Å². The maximum atomic E-state index is 11.4. The van der Waals surface area contributed by atoms with Crippen LogP contribution in [0.5, 0.6) is 5.75 Å². The molecule has 3 aromatic rings. The molecule has 32 heavy (non-hydrogen) atoms. The lowest BCUT2D eigenvalue weighted by molar-refractivity contribution is 0.172. The Balaban J connectivity index is 1.50. The number of rotatable bonds is 9. The third-order valence-electron chi connectivity index (χ3n) is 5.24. The molecule has 3 rings (SSSR count). The first-order chi connectivity index (χ1) is 14.9. The molecule has 7 nitrogen and oxygen atoms in total. The molecule has 0 aliphatic carbocycles. The lowest BCUT2D eigenvalue weighted by atomic mass is 9.89. The zero-order valence-electron chi connectivity index (χ0n) is 19.3. The fraction of sp³-hybridized carbons (Fsp3) is 0.417. The Labute approximate surface area is 190 Å². The number of ether oxygens (including phenoxy) is 1. The Morgan fingerprint density at radius 1 is 1.16 bits per heavy atom. The summed E-state index contributed by atoms with van der Waals surface area (Å²) in [4.78, 5) is 3.53. The van der Waals surface area contributed by atoms with Gasteiger partial charge in [0.05, 0.1) is 12.4 Å². The van der Waals surface area contributed by atoms with Gasteiger partial charge in [0.15, 0.2) is 0 Å². The molecule has 0 unspecified atom stereocenters. The van der Waals surface area contributed by atoms with Crippen LogP contribution < -0.4 is 14.8 Å². The second kappa shape index (κ2) is 9.52. The number of nitrogens with one attached hydrogen (secondary N) is 3. The standard InChI is InChI=1S/C24H33N3O4S/c1-16-20-10-9-19(14-21(20)26-23(16)24(2,3)4)31-12-11-25-15-22(28)17-7-6-8-18(13-17)27-32(5,29)30/h6-10,13-14,22,25-28H,11-12,15H2,1-5H3/t22-/m0/s1. The molecule has 8 heteroatoms. The Bertz CT molecular complexity index is 1180. The monoisotopic (exact) mass is 459 g/mol. The Hall–Kier alpha value is -2.55. The summed E-state index contributed by atoms with van der Waals surface area (Å²) in [6.07, 6.45) is 0.334. The number of anilines is 1. The summed E-state index contributed by atoms with van der Waals surface area (Å²) >= 11 is 0. The van der Waals surface area contributed by atoms with Crippen molar-refractivity contribution in [2.45, 2.75) is 39.2 Å². The van der Waals surface area contributed by atoms with Gasteiger partial charge in [-0.05, 0) is 42.3 Å². The number of H-pyrrole nitrogens is 1. The molecule has 1 aromatic heterocycles. The Kier molecular flexibility index (Phi) is 7.17. The number of hydrogen-bond donors (Lipinski definition) is 4. The fourth-order valence-corrected chi connectivity index (χ4v) is 4.33. The van der Waals surface area contributed by atoms with Gasteiger partial charge in [-0.1, -0.05) is 32.9 Å². The number of benzene rings is 2. The SMILES string of the molecule is Cc1c(C(C)(C)C)[nH]c2cc(OCCNC[C@H](O)c3cccc(NS(C)(=O)=O)c3)ccc12. The van der Waals surface area contributed by atoms with Crippen LogP contribution in [0.1, 0.15) is 43.7 Å². The van der Waals surface area contributed by atoms with Gasteiger partial charge in [-0.3, -0.25) is 4.72 Å². The van der Waals surface area contributed by atoms with E-state index in [2.05, 4.69) is 48.8 Å². The summed E-state index contributed by atoms with van der Waals surface area (Å²) in [5, 5.41) is 14.8. The maximum Gasteiger partial charge on any atom is 0.229 e. The highest BCUT2D eigenvalue weighted by Gasteiger charge is 2.20. The van der Waals surface area contributed by atoms with Gasteiger partial charge in [-0.2, -0.15) is 0 Å². The first-order valence-corrected chi connectivity index (χ1v) is 12.6. The molecule has 1 heterocycles. The smallest absolute Gasteiger partial charge is 0.229 e. The lowest BCUT2D eigenvalue weighted by Gasteiger charge is -2.17. The summed E-state index contributed by atoms with van der Waals surface area (Å²) in [6.45, 7) is 10.1. The van der Waals surface area contributed by atoms with E-state index in [0.29, 0.717) is 30.9 Å². The zero-order valence-corrected chi connectivity index (χ0v) is 20.1. The van der Waals surface area contributed by atoms with Gasteiger partial charge in [0, 0.05) is 46.9 Å². The molecule has 0 amide bonds. The maximum absolute atomic E-state index is 11.4. The van der Waals surface area contributed by atoms with E-state index in [1.807, 2.05) is 12.1 Å². The van der Waals surface area contributed by atoms with Crippen molar-refractivity contribution in [2.75, 3.05) is 30.7 Å². The molecule has 0 radical (unpaired) electrons. The highest BCUT2D eigenvalue weighted by Crippen LogP contribution is 2.32. The van der Waals surface area contributed by atoms with Gasteiger partial charge in [0.2, 0.25) is 10.0 Å². The number of aliphatic hydroxyl groups is 1. The van der Waals surface area contributed by atoms with E-state index in [4.69, 9.17) is 4.74 Å². The van der Waals surface area contributed by atoms with E-state index < -0.39 is 16.1 Å². The van der Waals surface area contributed by atoms with Crippen LogP contribution in [-0.4, -0.2) is 44.5 Å². The van der Waals surface area contributed by atoms with Crippen LogP contribution in [0.15, 0.2) is 42.5 Å². The molecule has 0 aliphatic rings.